The lowest BCUT2D eigenvalue weighted by atomic mass is 9.84. The fourth-order valence-corrected chi connectivity index (χ4v) is 5.44. The summed E-state index contributed by atoms with van der Waals surface area (Å²) in [6, 6.07) is 0.142. The maximum absolute atomic E-state index is 12.8. The van der Waals surface area contributed by atoms with Crippen molar-refractivity contribution in [2.45, 2.75) is 57.4 Å². The summed E-state index contributed by atoms with van der Waals surface area (Å²) >= 11 is 0. The van der Waals surface area contributed by atoms with Crippen molar-refractivity contribution in [2.75, 3.05) is 33.2 Å². The lowest BCUT2D eigenvalue weighted by Gasteiger charge is -2.40. The summed E-state index contributed by atoms with van der Waals surface area (Å²) < 4.78 is 28.8. The van der Waals surface area contributed by atoms with E-state index in [0.29, 0.717) is 26.2 Å². The summed E-state index contributed by atoms with van der Waals surface area (Å²) in [7, 11) is -1.67. The van der Waals surface area contributed by atoms with E-state index in [9.17, 15) is 13.2 Å². The Labute approximate surface area is 140 Å². The number of amides is 1. The molecule has 3 aliphatic rings. The summed E-state index contributed by atoms with van der Waals surface area (Å²) in [5.74, 6) is 0.428. The predicted octanol–water partition coefficient (Wildman–Crippen LogP) is 1.44. The van der Waals surface area contributed by atoms with Crippen LogP contribution in [0.5, 0.6) is 0 Å². The smallest absolute Gasteiger partial charge is 0.282 e. The first kappa shape index (κ1) is 17.2. The van der Waals surface area contributed by atoms with E-state index in [1.165, 1.54) is 6.42 Å². The molecule has 1 amide bonds. The Hall–Kier alpha value is -0.660. The molecule has 1 aliphatic heterocycles. The minimum absolute atomic E-state index is 0.142. The van der Waals surface area contributed by atoms with Gasteiger partial charge in [0.1, 0.15) is 0 Å². The van der Waals surface area contributed by atoms with Crippen LogP contribution in [0.3, 0.4) is 0 Å². The Morgan fingerprint density at radius 2 is 1.52 bits per heavy atom. The van der Waals surface area contributed by atoms with Crippen LogP contribution in [0.25, 0.3) is 0 Å². The molecule has 0 radical (unpaired) electrons. The van der Waals surface area contributed by atoms with Gasteiger partial charge in [0.15, 0.2) is 0 Å². The second kappa shape index (κ2) is 7.07. The van der Waals surface area contributed by atoms with E-state index in [1.807, 2.05) is 4.90 Å². The molecular weight excluding hydrogens is 314 g/mol. The molecule has 0 aromatic rings. The molecule has 0 bridgehead atoms. The van der Waals surface area contributed by atoms with Gasteiger partial charge in [-0.05, 0) is 25.7 Å². The van der Waals surface area contributed by atoms with Crippen LogP contribution in [0.1, 0.15) is 51.4 Å². The molecule has 1 saturated heterocycles. The zero-order valence-corrected chi connectivity index (χ0v) is 14.9. The van der Waals surface area contributed by atoms with E-state index >= 15 is 0 Å². The maximum Gasteiger partial charge on any atom is 0.282 e. The van der Waals surface area contributed by atoms with Crippen LogP contribution < -0.4 is 0 Å². The number of piperazine rings is 1. The number of rotatable bonds is 4. The van der Waals surface area contributed by atoms with Crippen molar-refractivity contribution in [3.8, 4) is 0 Å². The Balaban J connectivity index is 1.56. The van der Waals surface area contributed by atoms with Crippen molar-refractivity contribution in [1.29, 1.82) is 0 Å². The molecule has 132 valence electrons. The highest BCUT2D eigenvalue weighted by atomic mass is 32.2. The highest BCUT2D eigenvalue weighted by molar-refractivity contribution is 7.86. The van der Waals surface area contributed by atoms with Crippen LogP contribution in [-0.2, 0) is 15.0 Å². The molecule has 2 aliphatic carbocycles. The molecule has 3 fully saturated rings. The predicted molar refractivity (Wildman–Crippen MR) is 89.0 cm³/mol. The number of nitrogens with zero attached hydrogens (tertiary/aromatic N) is 3. The zero-order chi connectivity index (χ0) is 16.4. The minimum atomic E-state index is -3.39. The first-order chi connectivity index (χ1) is 11.0. The van der Waals surface area contributed by atoms with Gasteiger partial charge in [-0.25, -0.2) is 0 Å². The Bertz CT molecular complexity index is 519. The number of hydrogen-bond donors (Lipinski definition) is 0. The zero-order valence-electron chi connectivity index (χ0n) is 14.1. The van der Waals surface area contributed by atoms with Crippen molar-refractivity contribution in [2.24, 2.45) is 5.92 Å². The van der Waals surface area contributed by atoms with E-state index in [0.717, 1.165) is 44.9 Å². The van der Waals surface area contributed by atoms with Crippen LogP contribution in [-0.4, -0.2) is 67.1 Å². The third-order valence-corrected chi connectivity index (χ3v) is 7.83. The highest BCUT2D eigenvalue weighted by Crippen LogP contribution is 2.29. The van der Waals surface area contributed by atoms with Gasteiger partial charge in [-0.2, -0.15) is 17.0 Å². The van der Waals surface area contributed by atoms with Crippen LogP contribution >= 0.6 is 0 Å². The van der Waals surface area contributed by atoms with E-state index in [2.05, 4.69) is 0 Å². The van der Waals surface area contributed by atoms with E-state index in [-0.39, 0.29) is 17.9 Å². The molecule has 6 nitrogen and oxygen atoms in total. The summed E-state index contributed by atoms with van der Waals surface area (Å²) in [6.45, 7) is 1.93. The van der Waals surface area contributed by atoms with Gasteiger partial charge in [0.05, 0.1) is 0 Å². The molecule has 3 rings (SSSR count). The van der Waals surface area contributed by atoms with Crippen molar-refractivity contribution in [3.63, 3.8) is 0 Å². The van der Waals surface area contributed by atoms with Crippen LogP contribution in [0.15, 0.2) is 0 Å². The standard InChI is InChI=1S/C16H29N3O3S/c1-17(15-8-3-2-4-9-15)23(21,22)19-12-10-18(11-13-19)16(20)14-6-5-7-14/h14-15H,2-13H2,1H3. The molecule has 0 N–H and O–H groups in total. The van der Waals surface area contributed by atoms with Gasteiger partial charge in [-0.3, -0.25) is 4.79 Å². The van der Waals surface area contributed by atoms with Gasteiger partial charge in [-0.1, -0.05) is 25.7 Å². The lowest BCUT2D eigenvalue weighted by molar-refractivity contribution is -0.139. The number of carbonyl (C=O) groups is 1. The second-order valence-electron chi connectivity index (χ2n) is 7.17. The largest absolute Gasteiger partial charge is 0.340 e. The third kappa shape index (κ3) is 3.56. The first-order valence-corrected chi connectivity index (χ1v) is 10.4. The first-order valence-electron chi connectivity index (χ1n) is 9.02. The van der Waals surface area contributed by atoms with Crippen LogP contribution in [0.2, 0.25) is 0 Å². The summed E-state index contributed by atoms with van der Waals surface area (Å²) in [5.41, 5.74) is 0. The molecule has 1 heterocycles. The molecule has 2 saturated carbocycles. The van der Waals surface area contributed by atoms with E-state index < -0.39 is 10.2 Å². The van der Waals surface area contributed by atoms with Crippen molar-refractivity contribution in [3.05, 3.63) is 0 Å². The SMILES string of the molecule is CN(C1CCCCC1)S(=O)(=O)N1CCN(C(=O)C2CCC2)CC1. The molecule has 0 aromatic heterocycles. The third-order valence-electron chi connectivity index (χ3n) is 5.78. The molecule has 7 heteroatoms. The topological polar surface area (TPSA) is 60.9 Å². The number of carbonyl (C=O) groups excluding carboxylic acids is 1. The minimum Gasteiger partial charge on any atom is -0.340 e. The van der Waals surface area contributed by atoms with Crippen molar-refractivity contribution in [1.82, 2.24) is 13.5 Å². The van der Waals surface area contributed by atoms with E-state index in [4.69, 9.17) is 0 Å². The maximum atomic E-state index is 12.8. The fourth-order valence-electron chi connectivity index (χ4n) is 3.87. The average Bonchev–Trinajstić information content (AvgIpc) is 2.53. The second-order valence-corrected chi connectivity index (χ2v) is 9.16. The average molecular weight is 343 g/mol. The Morgan fingerprint density at radius 3 is 2.04 bits per heavy atom. The molecule has 0 aromatic carbocycles. The molecular formula is C16H29N3O3S. The number of hydrogen-bond acceptors (Lipinski definition) is 3. The monoisotopic (exact) mass is 343 g/mol. The van der Waals surface area contributed by atoms with Gasteiger partial charge in [0, 0.05) is 45.2 Å². The van der Waals surface area contributed by atoms with Gasteiger partial charge < -0.3 is 4.90 Å². The quantitative estimate of drug-likeness (QED) is 0.776. The molecule has 0 unspecified atom stereocenters. The van der Waals surface area contributed by atoms with Gasteiger partial charge in [0.2, 0.25) is 5.91 Å². The summed E-state index contributed by atoms with van der Waals surface area (Å²) in [4.78, 5) is 14.1. The molecule has 0 atom stereocenters. The van der Waals surface area contributed by atoms with Gasteiger partial charge in [0.25, 0.3) is 10.2 Å². The normalized spacial score (nSPS) is 25.6. The highest BCUT2D eigenvalue weighted by Gasteiger charge is 2.37. The molecule has 0 spiro atoms. The summed E-state index contributed by atoms with van der Waals surface area (Å²) in [5, 5.41) is 0. The van der Waals surface area contributed by atoms with Crippen molar-refractivity contribution < 1.29 is 13.2 Å². The fraction of sp³-hybridized carbons (Fsp3) is 0.938. The van der Waals surface area contributed by atoms with Crippen LogP contribution in [0, 0.1) is 5.92 Å². The van der Waals surface area contributed by atoms with Gasteiger partial charge >= 0.3 is 0 Å². The van der Waals surface area contributed by atoms with Crippen molar-refractivity contribution >= 4 is 16.1 Å². The Kier molecular flexibility index (Phi) is 5.28. The van der Waals surface area contributed by atoms with Crippen LogP contribution in [0.4, 0.5) is 0 Å². The molecule has 23 heavy (non-hydrogen) atoms. The van der Waals surface area contributed by atoms with E-state index in [1.54, 1.807) is 15.7 Å². The summed E-state index contributed by atoms with van der Waals surface area (Å²) in [6.07, 6.45) is 8.54. The lowest BCUT2D eigenvalue weighted by Crippen LogP contribution is -2.56. The van der Waals surface area contributed by atoms with Gasteiger partial charge in [-0.15, -0.1) is 0 Å². The Morgan fingerprint density at radius 1 is 0.913 bits per heavy atom.